The summed E-state index contributed by atoms with van der Waals surface area (Å²) in [7, 11) is 0. The lowest BCUT2D eigenvalue weighted by molar-refractivity contribution is -0.140. The Labute approximate surface area is 101 Å². The number of carbonyl (C=O) groups is 2. The molecule has 5 nitrogen and oxygen atoms in total. The first-order valence-corrected chi connectivity index (χ1v) is 5.49. The zero-order valence-corrected chi connectivity index (χ0v) is 10.4. The van der Waals surface area contributed by atoms with Crippen LogP contribution in [0.25, 0.3) is 0 Å². The highest BCUT2D eigenvalue weighted by molar-refractivity contribution is 9.10. The van der Waals surface area contributed by atoms with E-state index >= 15 is 0 Å². The molecule has 0 spiro atoms. The first kappa shape index (κ1) is 12.8. The van der Waals surface area contributed by atoms with E-state index in [1.54, 1.807) is 19.9 Å². The van der Waals surface area contributed by atoms with Crippen LogP contribution in [-0.2, 0) is 4.79 Å². The Kier molecular flexibility index (Phi) is 4.12. The van der Waals surface area contributed by atoms with Gasteiger partial charge in [0, 0.05) is 0 Å². The average molecular weight is 290 g/mol. The number of carbonyl (C=O) groups excluding carboxylic acids is 1. The van der Waals surface area contributed by atoms with Gasteiger partial charge in [0.15, 0.2) is 0 Å². The van der Waals surface area contributed by atoms with Crippen molar-refractivity contribution in [3.8, 4) is 0 Å². The number of hydrogen-bond acceptors (Lipinski definition) is 3. The number of nitrogens with one attached hydrogen (secondary N) is 1. The van der Waals surface area contributed by atoms with Crippen LogP contribution in [0.5, 0.6) is 0 Å². The molecule has 6 heteroatoms. The molecule has 1 rings (SSSR count). The van der Waals surface area contributed by atoms with Crippen LogP contribution in [0, 0.1) is 5.92 Å². The molecule has 1 aromatic rings. The lowest BCUT2D eigenvalue weighted by atomic mass is 10.0. The number of carboxylic acids is 1. The maximum atomic E-state index is 11.6. The number of hydrogen-bond donors (Lipinski definition) is 2. The molecule has 0 saturated heterocycles. The lowest BCUT2D eigenvalue weighted by Gasteiger charge is -2.17. The van der Waals surface area contributed by atoms with Gasteiger partial charge in [-0.25, -0.2) is 4.79 Å². The highest BCUT2D eigenvalue weighted by Gasteiger charge is 2.25. The predicted molar refractivity (Wildman–Crippen MR) is 60.1 cm³/mol. The van der Waals surface area contributed by atoms with Crippen molar-refractivity contribution < 1.29 is 19.1 Å². The molecule has 0 fully saturated rings. The first-order chi connectivity index (χ1) is 7.43. The van der Waals surface area contributed by atoms with Gasteiger partial charge in [0.1, 0.15) is 6.04 Å². The molecule has 0 aliphatic heterocycles. The van der Waals surface area contributed by atoms with Crippen LogP contribution in [0.15, 0.2) is 21.2 Å². The van der Waals surface area contributed by atoms with Gasteiger partial charge >= 0.3 is 5.97 Å². The largest absolute Gasteiger partial charge is 0.480 e. The van der Waals surface area contributed by atoms with Gasteiger partial charge in [-0.3, -0.25) is 4.79 Å². The minimum Gasteiger partial charge on any atom is -0.480 e. The summed E-state index contributed by atoms with van der Waals surface area (Å²) in [4.78, 5) is 22.5. The first-order valence-electron chi connectivity index (χ1n) is 4.70. The van der Waals surface area contributed by atoms with Crippen molar-refractivity contribution in [1.82, 2.24) is 5.32 Å². The fourth-order valence-corrected chi connectivity index (χ4v) is 1.56. The van der Waals surface area contributed by atoms with E-state index in [0.29, 0.717) is 4.47 Å². The molecule has 0 unspecified atom stereocenters. The molecule has 0 bridgehead atoms. The molecule has 1 atom stereocenters. The quantitative estimate of drug-likeness (QED) is 0.887. The molecule has 1 aromatic heterocycles. The lowest BCUT2D eigenvalue weighted by Crippen LogP contribution is -2.44. The number of furan rings is 1. The Bertz CT molecular complexity index is 399. The zero-order chi connectivity index (χ0) is 12.3. The van der Waals surface area contributed by atoms with Crippen LogP contribution >= 0.6 is 15.9 Å². The van der Waals surface area contributed by atoms with E-state index in [1.807, 2.05) is 0 Å². The smallest absolute Gasteiger partial charge is 0.326 e. The van der Waals surface area contributed by atoms with Gasteiger partial charge in [0.25, 0.3) is 5.91 Å². The van der Waals surface area contributed by atoms with Crippen molar-refractivity contribution in [2.45, 2.75) is 19.9 Å². The van der Waals surface area contributed by atoms with Gasteiger partial charge in [-0.15, -0.1) is 0 Å². The Balaban J connectivity index is 2.77. The zero-order valence-electron chi connectivity index (χ0n) is 8.86. The third kappa shape index (κ3) is 2.85. The second-order valence-electron chi connectivity index (χ2n) is 3.63. The second-order valence-corrected chi connectivity index (χ2v) is 4.49. The fraction of sp³-hybridized carbons (Fsp3) is 0.400. The predicted octanol–water partition coefficient (Wildman–Crippen LogP) is 1.88. The summed E-state index contributed by atoms with van der Waals surface area (Å²) in [5.74, 6) is -1.73. The summed E-state index contributed by atoms with van der Waals surface area (Å²) in [5.41, 5.74) is 0. The van der Waals surface area contributed by atoms with Crippen LogP contribution < -0.4 is 5.32 Å². The van der Waals surface area contributed by atoms with Crippen LogP contribution in [-0.4, -0.2) is 23.0 Å². The van der Waals surface area contributed by atoms with E-state index in [9.17, 15) is 9.59 Å². The molecule has 16 heavy (non-hydrogen) atoms. The maximum absolute atomic E-state index is 11.6. The summed E-state index contributed by atoms with van der Waals surface area (Å²) in [5, 5.41) is 11.3. The van der Waals surface area contributed by atoms with E-state index in [-0.39, 0.29) is 11.7 Å². The molecule has 0 radical (unpaired) electrons. The Morgan fingerprint density at radius 2 is 2.12 bits per heavy atom. The van der Waals surface area contributed by atoms with Crippen molar-refractivity contribution >= 4 is 27.8 Å². The number of amides is 1. The van der Waals surface area contributed by atoms with Gasteiger partial charge in [-0.2, -0.15) is 0 Å². The van der Waals surface area contributed by atoms with Crippen molar-refractivity contribution in [3.63, 3.8) is 0 Å². The van der Waals surface area contributed by atoms with Crippen LogP contribution in [0.2, 0.25) is 0 Å². The molecular weight excluding hydrogens is 278 g/mol. The monoisotopic (exact) mass is 289 g/mol. The van der Waals surface area contributed by atoms with Gasteiger partial charge < -0.3 is 14.8 Å². The molecule has 88 valence electrons. The Morgan fingerprint density at radius 1 is 1.50 bits per heavy atom. The van der Waals surface area contributed by atoms with Crippen LogP contribution in [0.4, 0.5) is 0 Å². The van der Waals surface area contributed by atoms with E-state index < -0.39 is 17.9 Å². The molecule has 1 heterocycles. The summed E-state index contributed by atoms with van der Waals surface area (Å²) < 4.78 is 5.43. The standard InChI is InChI=1S/C10H12BrNO4/c1-5(2)7(10(14)15)12-9(13)8-6(11)3-4-16-8/h3-5,7H,1-2H3,(H,12,13)(H,14,15)/t7-/m0/s1. The van der Waals surface area contributed by atoms with Gasteiger partial charge in [-0.1, -0.05) is 13.8 Å². The van der Waals surface area contributed by atoms with Gasteiger partial charge in [0.2, 0.25) is 5.76 Å². The van der Waals surface area contributed by atoms with E-state index in [0.717, 1.165) is 0 Å². The van der Waals surface area contributed by atoms with Crippen molar-refractivity contribution in [2.75, 3.05) is 0 Å². The fourth-order valence-electron chi connectivity index (χ4n) is 1.18. The number of aliphatic carboxylic acids is 1. The van der Waals surface area contributed by atoms with Crippen molar-refractivity contribution in [3.05, 3.63) is 22.6 Å². The van der Waals surface area contributed by atoms with Crippen molar-refractivity contribution in [2.24, 2.45) is 5.92 Å². The summed E-state index contributed by atoms with van der Waals surface area (Å²) >= 11 is 3.13. The number of carboxylic acid groups (broad SMARTS) is 1. The maximum Gasteiger partial charge on any atom is 0.326 e. The number of rotatable bonds is 4. The summed E-state index contributed by atoms with van der Waals surface area (Å²) in [6.07, 6.45) is 1.35. The number of halogens is 1. The highest BCUT2D eigenvalue weighted by Crippen LogP contribution is 2.17. The molecule has 0 saturated carbocycles. The molecule has 0 aliphatic carbocycles. The highest BCUT2D eigenvalue weighted by atomic mass is 79.9. The summed E-state index contributed by atoms with van der Waals surface area (Å²) in [6.45, 7) is 3.44. The minimum absolute atomic E-state index is 0.0758. The topological polar surface area (TPSA) is 79.5 Å². The SMILES string of the molecule is CC(C)[C@H](NC(=O)c1occc1Br)C(=O)O. The molecule has 0 aromatic carbocycles. The third-order valence-corrected chi connectivity index (χ3v) is 2.67. The summed E-state index contributed by atoms with van der Waals surface area (Å²) in [6, 6.07) is 0.643. The minimum atomic E-state index is -1.06. The second kappa shape index (κ2) is 5.16. The third-order valence-electron chi connectivity index (χ3n) is 2.04. The van der Waals surface area contributed by atoms with E-state index in [1.165, 1.54) is 6.26 Å². The van der Waals surface area contributed by atoms with Gasteiger partial charge in [0.05, 0.1) is 10.7 Å². The average Bonchev–Trinajstić information content (AvgIpc) is 2.59. The van der Waals surface area contributed by atoms with Crippen molar-refractivity contribution in [1.29, 1.82) is 0 Å². The molecule has 2 N–H and O–H groups in total. The van der Waals surface area contributed by atoms with Crippen LogP contribution in [0.3, 0.4) is 0 Å². The molecular formula is C10H12BrNO4. The van der Waals surface area contributed by atoms with E-state index in [4.69, 9.17) is 9.52 Å². The van der Waals surface area contributed by atoms with E-state index in [2.05, 4.69) is 21.2 Å². The normalized spacial score (nSPS) is 12.5. The molecule has 1 amide bonds. The Morgan fingerprint density at radius 3 is 2.50 bits per heavy atom. The van der Waals surface area contributed by atoms with Crippen LogP contribution in [0.1, 0.15) is 24.4 Å². The van der Waals surface area contributed by atoms with Gasteiger partial charge in [-0.05, 0) is 27.9 Å². The Hall–Kier alpha value is -1.30. The molecule has 0 aliphatic rings.